The van der Waals surface area contributed by atoms with Gasteiger partial charge >= 0.3 is 5.69 Å². The van der Waals surface area contributed by atoms with E-state index in [1.165, 1.54) is 0 Å². The number of aromatic nitrogens is 2. The molecule has 6 heteroatoms. The summed E-state index contributed by atoms with van der Waals surface area (Å²) in [4.78, 5) is 24.9. The number of carbonyl (C=O) groups is 1. The van der Waals surface area contributed by atoms with Crippen molar-refractivity contribution in [2.24, 2.45) is 5.73 Å². The molecular formula is C19H30N4O2. The van der Waals surface area contributed by atoms with Crippen molar-refractivity contribution in [1.29, 1.82) is 0 Å². The molecule has 1 amide bonds. The zero-order valence-electron chi connectivity index (χ0n) is 15.3. The Morgan fingerprint density at radius 1 is 1.12 bits per heavy atom. The number of aryl methyl sites for hydroxylation is 2. The fourth-order valence-corrected chi connectivity index (χ4v) is 3.14. The van der Waals surface area contributed by atoms with Gasteiger partial charge in [-0.3, -0.25) is 13.9 Å². The molecule has 2 rings (SSSR count). The Bertz CT molecular complexity index is 747. The Labute approximate surface area is 149 Å². The number of amides is 1. The topological polar surface area (TPSA) is 82.1 Å². The Morgan fingerprint density at radius 2 is 1.76 bits per heavy atom. The number of nitrogens with one attached hydrogen (secondary N) is 1. The Hall–Kier alpha value is -2.08. The van der Waals surface area contributed by atoms with Crippen molar-refractivity contribution in [2.45, 2.75) is 65.1 Å². The van der Waals surface area contributed by atoms with Crippen molar-refractivity contribution in [2.75, 3.05) is 6.54 Å². The average Bonchev–Trinajstić information content (AvgIpc) is 2.89. The molecule has 0 bridgehead atoms. The van der Waals surface area contributed by atoms with E-state index in [1.54, 1.807) is 9.13 Å². The van der Waals surface area contributed by atoms with E-state index >= 15 is 0 Å². The van der Waals surface area contributed by atoms with Crippen LogP contribution in [0.2, 0.25) is 0 Å². The van der Waals surface area contributed by atoms with Crippen LogP contribution in [0.4, 0.5) is 0 Å². The molecule has 0 saturated heterocycles. The highest BCUT2D eigenvalue weighted by molar-refractivity contribution is 5.78. The van der Waals surface area contributed by atoms with Gasteiger partial charge in [0.1, 0.15) is 0 Å². The van der Waals surface area contributed by atoms with Gasteiger partial charge in [-0.1, -0.05) is 38.8 Å². The second-order valence-electron chi connectivity index (χ2n) is 6.47. The van der Waals surface area contributed by atoms with Crippen LogP contribution in [-0.4, -0.2) is 27.6 Å². The molecule has 0 fully saturated rings. The standard InChI is InChI=1S/C19H30N4O2/c1-3-5-8-15(14-20)21-18(24)11-13-23-17-10-7-6-9-16(17)22(12-4-2)19(23)25/h6-7,9-10,15H,3-5,8,11-14,20H2,1-2H3,(H,21,24). The zero-order chi connectivity index (χ0) is 18.2. The van der Waals surface area contributed by atoms with Gasteiger partial charge in [-0.15, -0.1) is 0 Å². The van der Waals surface area contributed by atoms with Gasteiger partial charge in [-0.2, -0.15) is 0 Å². The van der Waals surface area contributed by atoms with Crippen molar-refractivity contribution in [1.82, 2.24) is 14.5 Å². The Morgan fingerprint density at radius 3 is 2.32 bits per heavy atom. The number of carbonyl (C=O) groups excluding carboxylic acids is 1. The Balaban J connectivity index is 2.09. The lowest BCUT2D eigenvalue weighted by Crippen LogP contribution is -2.40. The first kappa shape index (κ1) is 19.2. The first-order chi connectivity index (χ1) is 12.1. The SMILES string of the molecule is CCCCC(CN)NC(=O)CCn1c(=O)n(CCC)c2ccccc21. The van der Waals surface area contributed by atoms with Gasteiger partial charge in [0.15, 0.2) is 0 Å². The maximum absolute atomic E-state index is 12.7. The van der Waals surface area contributed by atoms with Crippen molar-refractivity contribution in [3.05, 3.63) is 34.7 Å². The van der Waals surface area contributed by atoms with E-state index in [0.717, 1.165) is 36.7 Å². The molecule has 25 heavy (non-hydrogen) atoms. The lowest BCUT2D eigenvalue weighted by Gasteiger charge is -2.16. The van der Waals surface area contributed by atoms with Crippen LogP contribution in [0.5, 0.6) is 0 Å². The van der Waals surface area contributed by atoms with Gasteiger partial charge in [0, 0.05) is 32.1 Å². The number of hydrogen-bond acceptors (Lipinski definition) is 3. The molecule has 0 saturated carbocycles. The number of rotatable bonds is 10. The monoisotopic (exact) mass is 346 g/mol. The number of hydrogen-bond donors (Lipinski definition) is 2. The molecule has 0 spiro atoms. The predicted molar refractivity (Wildman–Crippen MR) is 102 cm³/mol. The molecular weight excluding hydrogens is 316 g/mol. The average molecular weight is 346 g/mol. The molecule has 6 nitrogen and oxygen atoms in total. The summed E-state index contributed by atoms with van der Waals surface area (Å²) in [6.07, 6.45) is 4.20. The van der Waals surface area contributed by atoms with Crippen LogP contribution in [-0.2, 0) is 17.9 Å². The molecule has 3 N–H and O–H groups in total. The second kappa shape index (κ2) is 9.42. The molecule has 2 aromatic rings. The van der Waals surface area contributed by atoms with E-state index in [0.29, 0.717) is 19.6 Å². The van der Waals surface area contributed by atoms with Crippen molar-refractivity contribution in [3.63, 3.8) is 0 Å². The van der Waals surface area contributed by atoms with Crippen LogP contribution >= 0.6 is 0 Å². The predicted octanol–water partition coefficient (Wildman–Crippen LogP) is 2.24. The number of nitrogens with zero attached hydrogens (tertiary/aromatic N) is 2. The molecule has 0 aliphatic rings. The minimum absolute atomic E-state index is 0.0191. The lowest BCUT2D eigenvalue weighted by molar-refractivity contribution is -0.122. The first-order valence-electron chi connectivity index (χ1n) is 9.29. The number of benzene rings is 1. The summed E-state index contributed by atoms with van der Waals surface area (Å²) in [6, 6.07) is 7.77. The number of imidazole rings is 1. The first-order valence-corrected chi connectivity index (χ1v) is 9.29. The lowest BCUT2D eigenvalue weighted by atomic mass is 10.1. The molecule has 0 aliphatic heterocycles. The third kappa shape index (κ3) is 4.72. The van der Waals surface area contributed by atoms with E-state index < -0.39 is 0 Å². The quantitative estimate of drug-likeness (QED) is 0.692. The largest absolute Gasteiger partial charge is 0.352 e. The molecule has 1 atom stereocenters. The highest BCUT2D eigenvalue weighted by Crippen LogP contribution is 2.13. The molecule has 138 valence electrons. The van der Waals surface area contributed by atoms with Crippen LogP contribution < -0.4 is 16.7 Å². The molecule has 1 unspecified atom stereocenters. The fourth-order valence-electron chi connectivity index (χ4n) is 3.14. The zero-order valence-corrected chi connectivity index (χ0v) is 15.3. The van der Waals surface area contributed by atoms with Crippen molar-refractivity contribution in [3.8, 4) is 0 Å². The summed E-state index contributed by atoms with van der Waals surface area (Å²) < 4.78 is 3.49. The van der Waals surface area contributed by atoms with E-state index in [4.69, 9.17) is 5.73 Å². The van der Waals surface area contributed by atoms with Crippen LogP contribution in [0, 0.1) is 0 Å². The van der Waals surface area contributed by atoms with E-state index in [9.17, 15) is 9.59 Å². The molecule has 0 radical (unpaired) electrons. The summed E-state index contributed by atoms with van der Waals surface area (Å²) >= 11 is 0. The van der Waals surface area contributed by atoms with Crippen LogP contribution in [0.25, 0.3) is 11.0 Å². The maximum Gasteiger partial charge on any atom is 0.329 e. The number of nitrogens with two attached hydrogens (primary N) is 1. The van der Waals surface area contributed by atoms with Gasteiger partial charge < -0.3 is 11.1 Å². The highest BCUT2D eigenvalue weighted by atomic mass is 16.2. The molecule has 0 aliphatic carbocycles. The van der Waals surface area contributed by atoms with Gasteiger partial charge in [0.2, 0.25) is 5.91 Å². The van der Waals surface area contributed by atoms with E-state index in [1.807, 2.05) is 24.3 Å². The van der Waals surface area contributed by atoms with Crippen molar-refractivity contribution < 1.29 is 4.79 Å². The number of para-hydroxylation sites is 2. The Kier molecular flexibility index (Phi) is 7.25. The van der Waals surface area contributed by atoms with Gasteiger partial charge in [-0.05, 0) is 25.0 Å². The van der Waals surface area contributed by atoms with Gasteiger partial charge in [-0.25, -0.2) is 4.79 Å². The smallest absolute Gasteiger partial charge is 0.329 e. The number of fused-ring (bicyclic) bond motifs is 1. The number of unbranched alkanes of at least 4 members (excludes halogenated alkanes) is 1. The molecule has 1 heterocycles. The van der Waals surface area contributed by atoms with Crippen LogP contribution in [0.15, 0.2) is 29.1 Å². The highest BCUT2D eigenvalue weighted by Gasteiger charge is 2.14. The van der Waals surface area contributed by atoms with E-state index in [-0.39, 0.29) is 24.1 Å². The van der Waals surface area contributed by atoms with E-state index in [2.05, 4.69) is 19.2 Å². The van der Waals surface area contributed by atoms with Gasteiger partial charge in [0.05, 0.1) is 11.0 Å². The summed E-state index contributed by atoms with van der Waals surface area (Å²) in [5.74, 6) is -0.0502. The third-order valence-electron chi connectivity index (χ3n) is 4.49. The fraction of sp³-hybridized carbons (Fsp3) is 0.579. The summed E-state index contributed by atoms with van der Waals surface area (Å²) in [7, 11) is 0. The summed E-state index contributed by atoms with van der Waals surface area (Å²) in [6.45, 7) is 5.68. The normalized spacial score (nSPS) is 12.4. The van der Waals surface area contributed by atoms with Crippen LogP contribution in [0.1, 0.15) is 46.0 Å². The second-order valence-corrected chi connectivity index (χ2v) is 6.47. The molecule has 1 aromatic heterocycles. The van der Waals surface area contributed by atoms with Crippen LogP contribution in [0.3, 0.4) is 0 Å². The van der Waals surface area contributed by atoms with Crippen molar-refractivity contribution >= 4 is 16.9 Å². The third-order valence-corrected chi connectivity index (χ3v) is 4.49. The molecule has 1 aromatic carbocycles. The summed E-state index contributed by atoms with van der Waals surface area (Å²) in [5, 5.41) is 2.99. The van der Waals surface area contributed by atoms with Gasteiger partial charge in [0.25, 0.3) is 0 Å². The minimum Gasteiger partial charge on any atom is -0.352 e. The summed E-state index contributed by atoms with van der Waals surface area (Å²) in [5.41, 5.74) is 7.50. The maximum atomic E-state index is 12.7. The minimum atomic E-state index is -0.0502.